The van der Waals surface area contributed by atoms with Gasteiger partial charge < -0.3 is 0 Å². The average Bonchev–Trinajstić information content (AvgIpc) is 2.34. The van der Waals surface area contributed by atoms with Crippen molar-refractivity contribution < 1.29 is 4.79 Å². The zero-order chi connectivity index (χ0) is 10.8. The first-order valence-electron chi connectivity index (χ1n) is 5.81. The summed E-state index contributed by atoms with van der Waals surface area (Å²) in [6.07, 6.45) is 3.19. The van der Waals surface area contributed by atoms with Gasteiger partial charge in [-0.1, -0.05) is 34.6 Å². The quantitative estimate of drug-likeness (QED) is 0.625. The molecule has 0 aliphatic heterocycles. The molecule has 2 atom stereocenters. The molecule has 1 unspecified atom stereocenters. The molecule has 0 spiro atoms. The van der Waals surface area contributed by atoms with Gasteiger partial charge in [-0.25, -0.2) is 0 Å². The minimum absolute atomic E-state index is 0.0305. The third-order valence-electron chi connectivity index (χ3n) is 5.89. The monoisotopic (exact) mass is 194 g/mol. The maximum Gasteiger partial charge on any atom is 0.139 e. The number of fused-ring (bicyclic) bond motifs is 2. The minimum atomic E-state index is -0.0305. The zero-order valence-electron chi connectivity index (χ0n) is 10.1. The molecular weight excluding hydrogens is 172 g/mol. The van der Waals surface area contributed by atoms with Crippen molar-refractivity contribution in [2.45, 2.75) is 53.9 Å². The Kier molecular flexibility index (Phi) is 1.77. The van der Waals surface area contributed by atoms with Crippen LogP contribution < -0.4 is 0 Å². The van der Waals surface area contributed by atoms with Gasteiger partial charge in [0.05, 0.1) is 0 Å². The molecule has 0 aromatic carbocycles. The summed E-state index contributed by atoms with van der Waals surface area (Å²) in [7, 11) is 0. The Bertz CT molecular complexity index is 290. The van der Waals surface area contributed by atoms with Gasteiger partial charge >= 0.3 is 0 Å². The second-order valence-electron chi connectivity index (χ2n) is 6.37. The Morgan fingerprint density at radius 3 is 1.93 bits per heavy atom. The van der Waals surface area contributed by atoms with Gasteiger partial charge in [-0.05, 0) is 29.6 Å². The molecule has 2 aliphatic rings. The lowest BCUT2D eigenvalue weighted by Crippen LogP contribution is -2.38. The minimum Gasteiger partial charge on any atom is -0.299 e. The van der Waals surface area contributed by atoms with Crippen LogP contribution in [-0.2, 0) is 4.79 Å². The molecule has 1 heteroatoms. The summed E-state index contributed by atoms with van der Waals surface area (Å²) in [5.41, 5.74) is 0.460. The van der Waals surface area contributed by atoms with Crippen LogP contribution in [0, 0.1) is 22.2 Å². The van der Waals surface area contributed by atoms with Gasteiger partial charge in [0.15, 0.2) is 0 Å². The van der Waals surface area contributed by atoms with Crippen molar-refractivity contribution in [1.82, 2.24) is 0 Å². The molecule has 0 aromatic heterocycles. The Morgan fingerprint density at radius 2 is 1.71 bits per heavy atom. The van der Waals surface area contributed by atoms with Gasteiger partial charge in [-0.3, -0.25) is 4.79 Å². The largest absolute Gasteiger partial charge is 0.299 e. The van der Waals surface area contributed by atoms with Crippen LogP contribution in [-0.4, -0.2) is 5.78 Å². The molecule has 2 aliphatic carbocycles. The average molecular weight is 194 g/mol. The maximum absolute atomic E-state index is 12.1. The van der Waals surface area contributed by atoms with Crippen LogP contribution >= 0.6 is 0 Å². The fraction of sp³-hybridized carbons (Fsp3) is 0.923. The van der Waals surface area contributed by atoms with E-state index in [9.17, 15) is 4.79 Å². The molecule has 14 heavy (non-hydrogen) atoms. The van der Waals surface area contributed by atoms with Crippen molar-refractivity contribution >= 4 is 5.78 Å². The van der Waals surface area contributed by atoms with E-state index >= 15 is 0 Å². The first-order chi connectivity index (χ1) is 6.28. The molecule has 2 fully saturated rings. The molecule has 0 N–H and O–H groups in total. The Labute approximate surface area is 87.3 Å². The van der Waals surface area contributed by atoms with Gasteiger partial charge in [0.2, 0.25) is 0 Å². The van der Waals surface area contributed by atoms with E-state index in [1.165, 1.54) is 6.42 Å². The summed E-state index contributed by atoms with van der Waals surface area (Å²) in [5.74, 6) is 1.15. The highest BCUT2D eigenvalue weighted by Crippen LogP contribution is 2.72. The molecular formula is C13H22O. The number of carbonyl (C=O) groups excluding carboxylic acids is 1. The van der Waals surface area contributed by atoms with Gasteiger partial charge in [-0.15, -0.1) is 0 Å². The Hall–Kier alpha value is -0.330. The lowest BCUT2D eigenvalue weighted by atomic mass is 9.61. The summed E-state index contributed by atoms with van der Waals surface area (Å²) in [6.45, 7) is 11.4. The van der Waals surface area contributed by atoms with E-state index in [0.29, 0.717) is 17.1 Å². The van der Waals surface area contributed by atoms with E-state index in [-0.39, 0.29) is 10.8 Å². The molecule has 2 saturated carbocycles. The van der Waals surface area contributed by atoms with E-state index in [1.54, 1.807) is 0 Å². The first kappa shape index (κ1) is 10.2. The van der Waals surface area contributed by atoms with Gasteiger partial charge in [-0.2, -0.15) is 0 Å². The molecule has 0 radical (unpaired) electrons. The van der Waals surface area contributed by atoms with Crippen LogP contribution in [0.25, 0.3) is 0 Å². The van der Waals surface area contributed by atoms with Crippen molar-refractivity contribution in [2.24, 2.45) is 22.2 Å². The SMILES string of the molecule is CC(C)[C@@]12CCC(C)(C(=O)C1)C2(C)C. The lowest BCUT2D eigenvalue weighted by molar-refractivity contribution is -0.128. The van der Waals surface area contributed by atoms with Crippen molar-refractivity contribution in [1.29, 1.82) is 0 Å². The number of carbonyl (C=O) groups is 1. The number of hydrogen-bond acceptors (Lipinski definition) is 1. The highest BCUT2D eigenvalue weighted by Gasteiger charge is 2.70. The third kappa shape index (κ3) is 0.765. The molecule has 0 amide bonds. The van der Waals surface area contributed by atoms with Crippen LogP contribution in [0.15, 0.2) is 0 Å². The summed E-state index contributed by atoms with van der Waals surface area (Å²) in [4.78, 5) is 12.1. The van der Waals surface area contributed by atoms with Gasteiger partial charge in [0.1, 0.15) is 5.78 Å². The van der Waals surface area contributed by atoms with E-state index in [4.69, 9.17) is 0 Å². The maximum atomic E-state index is 12.1. The summed E-state index contributed by atoms with van der Waals surface area (Å²) >= 11 is 0. The number of Topliss-reactive ketones (excluding diaryl/α,β-unsaturated/α-hetero) is 1. The molecule has 2 bridgehead atoms. The van der Waals surface area contributed by atoms with Crippen LogP contribution in [0.5, 0.6) is 0 Å². The summed E-state index contributed by atoms with van der Waals surface area (Å²) in [6, 6.07) is 0. The van der Waals surface area contributed by atoms with Crippen molar-refractivity contribution in [3.05, 3.63) is 0 Å². The predicted octanol–water partition coefficient (Wildman–Crippen LogP) is 3.43. The lowest BCUT2D eigenvalue weighted by Gasteiger charge is -2.43. The molecule has 1 nitrogen and oxygen atoms in total. The van der Waals surface area contributed by atoms with E-state index in [1.807, 2.05) is 0 Å². The van der Waals surface area contributed by atoms with Gasteiger partial charge in [0.25, 0.3) is 0 Å². The highest BCUT2D eigenvalue weighted by atomic mass is 16.1. The number of hydrogen-bond donors (Lipinski definition) is 0. The molecule has 80 valence electrons. The Balaban J connectivity index is 2.54. The fourth-order valence-corrected chi connectivity index (χ4v) is 4.14. The summed E-state index contributed by atoms with van der Waals surface area (Å²) in [5, 5.41) is 0. The van der Waals surface area contributed by atoms with Crippen LogP contribution in [0.1, 0.15) is 53.9 Å². The van der Waals surface area contributed by atoms with Crippen molar-refractivity contribution in [3.63, 3.8) is 0 Å². The second-order valence-corrected chi connectivity index (χ2v) is 6.37. The molecule has 2 rings (SSSR count). The normalized spacial score (nSPS) is 45.1. The molecule has 0 saturated heterocycles. The number of rotatable bonds is 1. The van der Waals surface area contributed by atoms with Crippen LogP contribution in [0.2, 0.25) is 0 Å². The van der Waals surface area contributed by atoms with Crippen LogP contribution in [0.4, 0.5) is 0 Å². The summed E-state index contributed by atoms with van der Waals surface area (Å²) < 4.78 is 0. The van der Waals surface area contributed by atoms with E-state index in [0.717, 1.165) is 12.8 Å². The molecule has 0 aromatic rings. The van der Waals surface area contributed by atoms with Gasteiger partial charge in [0, 0.05) is 11.8 Å². The highest BCUT2D eigenvalue weighted by molar-refractivity contribution is 5.90. The third-order valence-corrected chi connectivity index (χ3v) is 5.89. The van der Waals surface area contributed by atoms with E-state index < -0.39 is 0 Å². The van der Waals surface area contributed by atoms with Crippen molar-refractivity contribution in [3.8, 4) is 0 Å². The standard InChI is InChI=1S/C13H22O/c1-9(2)13-7-6-12(5,10(14)8-13)11(13,3)4/h9H,6-8H2,1-5H3/t12?,13-/m1/s1. The first-order valence-corrected chi connectivity index (χ1v) is 5.81. The smallest absolute Gasteiger partial charge is 0.139 e. The topological polar surface area (TPSA) is 17.1 Å². The van der Waals surface area contributed by atoms with E-state index in [2.05, 4.69) is 34.6 Å². The van der Waals surface area contributed by atoms with Crippen molar-refractivity contribution in [2.75, 3.05) is 0 Å². The Morgan fingerprint density at radius 1 is 1.14 bits per heavy atom. The number of ketones is 1. The van der Waals surface area contributed by atoms with Crippen LogP contribution in [0.3, 0.4) is 0 Å². The second kappa shape index (κ2) is 2.43. The molecule has 0 heterocycles. The fourth-order valence-electron chi connectivity index (χ4n) is 4.14. The zero-order valence-corrected chi connectivity index (χ0v) is 10.1. The predicted molar refractivity (Wildman–Crippen MR) is 58.0 cm³/mol.